The minimum Gasteiger partial charge on any atom is -0.496 e. The number of carboxylic acids is 1. The molecule has 1 heterocycles. The largest absolute Gasteiger partial charge is 0.496 e. The van der Waals surface area contributed by atoms with Crippen molar-refractivity contribution in [2.45, 2.75) is 25.0 Å². The normalized spacial score (nSPS) is 19.2. The number of rotatable bonds is 5. The molecule has 0 radical (unpaired) electrons. The molecule has 136 valence electrons. The van der Waals surface area contributed by atoms with Gasteiger partial charge in [-0.1, -0.05) is 48.5 Å². The molecule has 2 atom stereocenters. The lowest BCUT2D eigenvalue weighted by atomic mass is 9.95. The van der Waals surface area contributed by atoms with Gasteiger partial charge in [-0.15, -0.1) is 0 Å². The molecule has 3 rings (SSSR count). The van der Waals surface area contributed by atoms with Crippen LogP contribution in [0.1, 0.15) is 23.5 Å². The number of amides is 1. The number of benzene rings is 2. The van der Waals surface area contributed by atoms with Gasteiger partial charge in [-0.2, -0.15) is 0 Å². The van der Waals surface area contributed by atoms with E-state index in [0.29, 0.717) is 12.2 Å². The van der Waals surface area contributed by atoms with Gasteiger partial charge in [-0.3, -0.25) is 4.90 Å². The van der Waals surface area contributed by atoms with Crippen molar-refractivity contribution in [3.05, 3.63) is 65.7 Å². The zero-order valence-electron chi connectivity index (χ0n) is 14.5. The maximum absolute atomic E-state index is 12.5. The molecule has 0 bridgehead atoms. The lowest BCUT2D eigenvalue weighted by Crippen LogP contribution is -2.40. The number of likely N-dealkylation sites (tertiary alicyclic amines) is 1. The van der Waals surface area contributed by atoms with E-state index in [9.17, 15) is 14.7 Å². The summed E-state index contributed by atoms with van der Waals surface area (Å²) < 4.78 is 10.7. The summed E-state index contributed by atoms with van der Waals surface area (Å²) in [5.41, 5.74) is 1.76. The van der Waals surface area contributed by atoms with Crippen LogP contribution in [0.5, 0.6) is 5.75 Å². The molecule has 2 aromatic rings. The van der Waals surface area contributed by atoms with Crippen molar-refractivity contribution in [2.24, 2.45) is 0 Å². The minimum absolute atomic E-state index is 0.113. The molecular weight excluding hydrogens is 334 g/mol. The number of ether oxygens (including phenoxy) is 2. The molecule has 1 aliphatic rings. The highest BCUT2D eigenvalue weighted by Gasteiger charge is 2.41. The molecule has 0 unspecified atom stereocenters. The van der Waals surface area contributed by atoms with E-state index in [1.165, 1.54) is 4.90 Å². The van der Waals surface area contributed by atoms with Crippen LogP contribution in [0.4, 0.5) is 4.79 Å². The lowest BCUT2D eigenvalue weighted by molar-refractivity contribution is -0.141. The number of carboxylic acid groups (broad SMARTS) is 1. The Balaban J connectivity index is 1.73. The van der Waals surface area contributed by atoms with Crippen molar-refractivity contribution in [1.29, 1.82) is 0 Å². The molecule has 1 aliphatic heterocycles. The summed E-state index contributed by atoms with van der Waals surface area (Å²) in [4.78, 5) is 25.4. The van der Waals surface area contributed by atoms with Gasteiger partial charge in [0.2, 0.25) is 0 Å². The molecule has 0 aliphatic carbocycles. The third kappa shape index (κ3) is 3.79. The standard InChI is InChI=1S/C20H21NO5/c1-25-18-10-6-5-9-16(18)15-11-17(19(22)23)21(12-15)20(24)26-13-14-7-3-2-4-8-14/h2-10,15,17H,11-13H2,1H3,(H,22,23)/t15-,17+/m1/s1. The van der Waals surface area contributed by atoms with E-state index >= 15 is 0 Å². The fourth-order valence-corrected chi connectivity index (χ4v) is 3.30. The van der Waals surface area contributed by atoms with Crippen LogP contribution in [0.3, 0.4) is 0 Å². The number of aliphatic carboxylic acids is 1. The second-order valence-electron chi connectivity index (χ2n) is 6.22. The van der Waals surface area contributed by atoms with Crippen LogP contribution in [-0.2, 0) is 16.1 Å². The predicted molar refractivity (Wildman–Crippen MR) is 95.1 cm³/mol. The van der Waals surface area contributed by atoms with Gasteiger partial charge >= 0.3 is 12.1 Å². The van der Waals surface area contributed by atoms with Crippen LogP contribution >= 0.6 is 0 Å². The van der Waals surface area contributed by atoms with Gasteiger partial charge in [-0.25, -0.2) is 9.59 Å². The average Bonchev–Trinajstić information content (AvgIpc) is 3.12. The van der Waals surface area contributed by atoms with E-state index in [1.54, 1.807) is 7.11 Å². The smallest absolute Gasteiger partial charge is 0.410 e. The lowest BCUT2D eigenvalue weighted by Gasteiger charge is -2.21. The van der Waals surface area contributed by atoms with E-state index in [-0.39, 0.29) is 19.1 Å². The number of para-hydroxylation sites is 1. The summed E-state index contributed by atoms with van der Waals surface area (Å²) in [6.45, 7) is 0.396. The third-order valence-electron chi connectivity index (χ3n) is 4.60. The SMILES string of the molecule is COc1ccccc1[C@@H]1C[C@@H](C(=O)O)N(C(=O)OCc2ccccc2)C1. The van der Waals surface area contributed by atoms with Crippen LogP contribution in [0.25, 0.3) is 0 Å². The maximum Gasteiger partial charge on any atom is 0.410 e. The number of nitrogens with zero attached hydrogens (tertiary/aromatic N) is 1. The Kier molecular flexibility index (Phi) is 5.41. The highest BCUT2D eigenvalue weighted by Crippen LogP contribution is 2.36. The Labute approximate surface area is 152 Å². The summed E-state index contributed by atoms with van der Waals surface area (Å²) in [6, 6.07) is 15.9. The summed E-state index contributed by atoms with van der Waals surface area (Å²) in [5.74, 6) is -0.447. The minimum atomic E-state index is -1.03. The Morgan fingerprint density at radius 1 is 1.12 bits per heavy atom. The number of methoxy groups -OCH3 is 1. The molecule has 2 aromatic carbocycles. The van der Waals surface area contributed by atoms with Crippen LogP contribution in [0, 0.1) is 0 Å². The van der Waals surface area contributed by atoms with Gasteiger partial charge in [0.05, 0.1) is 7.11 Å². The summed E-state index contributed by atoms with van der Waals surface area (Å²) in [6.07, 6.45) is -0.283. The van der Waals surface area contributed by atoms with Gasteiger partial charge in [-0.05, 0) is 23.6 Å². The Morgan fingerprint density at radius 2 is 1.81 bits per heavy atom. The fourth-order valence-electron chi connectivity index (χ4n) is 3.30. The second kappa shape index (κ2) is 7.91. The predicted octanol–water partition coefficient (Wildman–Crippen LogP) is 3.27. The molecule has 1 N–H and O–H groups in total. The van der Waals surface area contributed by atoms with Crippen molar-refractivity contribution in [2.75, 3.05) is 13.7 Å². The quantitative estimate of drug-likeness (QED) is 0.891. The maximum atomic E-state index is 12.5. The van der Waals surface area contributed by atoms with Gasteiger partial charge in [0.25, 0.3) is 0 Å². The Bertz CT molecular complexity index is 777. The molecular formula is C20H21NO5. The van der Waals surface area contributed by atoms with Crippen LogP contribution < -0.4 is 4.74 Å². The van der Waals surface area contributed by atoms with Crippen LogP contribution in [0.15, 0.2) is 54.6 Å². The van der Waals surface area contributed by atoms with Crippen molar-refractivity contribution in [3.8, 4) is 5.75 Å². The molecule has 6 nitrogen and oxygen atoms in total. The van der Waals surface area contributed by atoms with Gasteiger partial charge in [0, 0.05) is 12.5 Å². The monoisotopic (exact) mass is 355 g/mol. The van der Waals surface area contributed by atoms with Gasteiger partial charge in [0.1, 0.15) is 18.4 Å². The molecule has 1 amide bonds. The fraction of sp³-hybridized carbons (Fsp3) is 0.300. The number of carbonyl (C=O) groups is 2. The van der Waals surface area contributed by atoms with Crippen molar-refractivity contribution in [3.63, 3.8) is 0 Å². The van der Waals surface area contributed by atoms with Gasteiger partial charge < -0.3 is 14.6 Å². The first-order valence-corrected chi connectivity index (χ1v) is 8.43. The first-order valence-electron chi connectivity index (χ1n) is 8.43. The van der Waals surface area contributed by atoms with E-state index in [0.717, 1.165) is 11.1 Å². The number of carbonyl (C=O) groups excluding carboxylic acids is 1. The van der Waals surface area contributed by atoms with Crippen LogP contribution in [-0.4, -0.2) is 41.8 Å². The number of hydrogen-bond donors (Lipinski definition) is 1. The summed E-state index contributed by atoms with van der Waals surface area (Å²) >= 11 is 0. The second-order valence-corrected chi connectivity index (χ2v) is 6.22. The van der Waals surface area contributed by atoms with E-state index in [2.05, 4.69) is 0 Å². The number of hydrogen-bond acceptors (Lipinski definition) is 4. The average molecular weight is 355 g/mol. The van der Waals surface area contributed by atoms with Crippen molar-refractivity contribution >= 4 is 12.1 Å². The zero-order chi connectivity index (χ0) is 18.5. The molecule has 26 heavy (non-hydrogen) atoms. The Morgan fingerprint density at radius 3 is 2.50 bits per heavy atom. The van der Waals surface area contributed by atoms with Gasteiger partial charge in [0.15, 0.2) is 0 Å². The summed E-state index contributed by atoms with van der Waals surface area (Å²) in [7, 11) is 1.58. The molecule has 6 heteroatoms. The molecule has 1 saturated heterocycles. The summed E-state index contributed by atoms with van der Waals surface area (Å²) in [5, 5.41) is 9.53. The van der Waals surface area contributed by atoms with E-state index < -0.39 is 18.1 Å². The molecule has 0 spiro atoms. The molecule has 0 saturated carbocycles. The zero-order valence-corrected chi connectivity index (χ0v) is 14.5. The molecule has 1 fully saturated rings. The van der Waals surface area contributed by atoms with Crippen molar-refractivity contribution < 1.29 is 24.2 Å². The Hall–Kier alpha value is -3.02. The van der Waals surface area contributed by atoms with Crippen LogP contribution in [0.2, 0.25) is 0 Å². The highest BCUT2D eigenvalue weighted by atomic mass is 16.6. The first kappa shape index (κ1) is 17.8. The van der Waals surface area contributed by atoms with Crippen molar-refractivity contribution in [1.82, 2.24) is 4.90 Å². The molecule has 0 aromatic heterocycles. The third-order valence-corrected chi connectivity index (χ3v) is 4.60. The van der Waals surface area contributed by atoms with E-state index in [1.807, 2.05) is 54.6 Å². The first-order chi connectivity index (χ1) is 12.6. The topological polar surface area (TPSA) is 76.1 Å². The van der Waals surface area contributed by atoms with E-state index in [4.69, 9.17) is 9.47 Å². The highest BCUT2D eigenvalue weighted by molar-refractivity contribution is 5.81.